The van der Waals surface area contributed by atoms with Gasteiger partial charge in [0.1, 0.15) is 0 Å². The molecule has 98 valence electrons. The topological polar surface area (TPSA) is 92.4 Å². The number of carbonyl (C=O) groups excluding carboxylic acids is 1. The smallest absolute Gasteiger partial charge is 0.335 e. The van der Waals surface area contributed by atoms with Crippen LogP contribution in [0.1, 0.15) is 26.5 Å². The predicted octanol–water partition coefficient (Wildman–Crippen LogP) is 2.59. The van der Waals surface area contributed by atoms with Gasteiger partial charge in [-0.05, 0) is 25.1 Å². The molecular formula is C12H9ClN2O4. The van der Waals surface area contributed by atoms with E-state index in [2.05, 4.69) is 10.5 Å². The number of anilines is 1. The van der Waals surface area contributed by atoms with Crippen molar-refractivity contribution in [3.05, 3.63) is 46.3 Å². The molecule has 0 fully saturated rings. The Morgan fingerprint density at radius 3 is 2.68 bits per heavy atom. The third-order valence-electron chi connectivity index (χ3n) is 2.42. The van der Waals surface area contributed by atoms with Gasteiger partial charge in [-0.2, -0.15) is 0 Å². The number of carboxylic acids is 1. The number of aromatic carboxylic acids is 1. The maximum atomic E-state index is 11.8. The molecule has 0 saturated heterocycles. The molecular weight excluding hydrogens is 272 g/mol. The Labute approximate surface area is 113 Å². The molecule has 7 heteroatoms. The zero-order valence-electron chi connectivity index (χ0n) is 9.81. The molecule has 0 atom stereocenters. The summed E-state index contributed by atoms with van der Waals surface area (Å²) in [5.74, 6) is -1.51. The summed E-state index contributed by atoms with van der Waals surface area (Å²) in [6.45, 7) is 1.68. The molecule has 0 bridgehead atoms. The summed E-state index contributed by atoms with van der Waals surface area (Å²) in [4.78, 5) is 22.6. The molecule has 0 aliphatic rings. The Bertz CT molecular complexity index is 651. The Balaban J connectivity index is 2.23. The van der Waals surface area contributed by atoms with Crippen LogP contribution in [-0.4, -0.2) is 22.1 Å². The summed E-state index contributed by atoms with van der Waals surface area (Å²) in [6.07, 6.45) is 1.42. The van der Waals surface area contributed by atoms with Crippen LogP contribution in [0.15, 0.2) is 28.9 Å². The third kappa shape index (κ3) is 2.74. The highest BCUT2D eigenvalue weighted by molar-refractivity contribution is 6.34. The van der Waals surface area contributed by atoms with Gasteiger partial charge in [-0.3, -0.25) is 4.79 Å². The Morgan fingerprint density at radius 2 is 2.16 bits per heavy atom. The fourth-order valence-electron chi connectivity index (χ4n) is 1.44. The third-order valence-corrected chi connectivity index (χ3v) is 2.73. The molecule has 19 heavy (non-hydrogen) atoms. The van der Waals surface area contributed by atoms with Crippen molar-refractivity contribution in [2.45, 2.75) is 6.92 Å². The van der Waals surface area contributed by atoms with E-state index in [1.807, 2.05) is 0 Å². The number of carboxylic acid groups (broad SMARTS) is 1. The fraction of sp³-hybridized carbons (Fsp3) is 0.0833. The highest BCUT2D eigenvalue weighted by atomic mass is 35.5. The number of carbonyl (C=O) groups is 2. The van der Waals surface area contributed by atoms with Crippen LogP contribution in [0.25, 0.3) is 0 Å². The average Bonchev–Trinajstić information content (AvgIpc) is 2.77. The van der Waals surface area contributed by atoms with Crippen molar-refractivity contribution in [2.24, 2.45) is 0 Å². The first-order valence-electron chi connectivity index (χ1n) is 5.24. The van der Waals surface area contributed by atoms with Crippen LogP contribution in [0, 0.1) is 6.92 Å². The van der Waals surface area contributed by atoms with Gasteiger partial charge in [0.25, 0.3) is 5.91 Å². The summed E-state index contributed by atoms with van der Waals surface area (Å²) in [6, 6.07) is 4.01. The van der Waals surface area contributed by atoms with E-state index in [1.54, 1.807) is 6.92 Å². The largest absolute Gasteiger partial charge is 0.478 e. The maximum absolute atomic E-state index is 11.8. The van der Waals surface area contributed by atoms with Crippen molar-refractivity contribution >= 4 is 29.2 Å². The number of aromatic nitrogens is 1. The van der Waals surface area contributed by atoms with Gasteiger partial charge in [0.2, 0.25) is 5.76 Å². The van der Waals surface area contributed by atoms with Crippen molar-refractivity contribution in [1.82, 2.24) is 5.16 Å². The van der Waals surface area contributed by atoms with Gasteiger partial charge in [-0.25, -0.2) is 4.79 Å². The van der Waals surface area contributed by atoms with Crippen molar-refractivity contribution in [3.63, 3.8) is 0 Å². The van der Waals surface area contributed by atoms with E-state index in [9.17, 15) is 9.59 Å². The minimum atomic E-state index is -1.09. The summed E-state index contributed by atoms with van der Waals surface area (Å²) in [7, 11) is 0. The minimum Gasteiger partial charge on any atom is -0.478 e. The quantitative estimate of drug-likeness (QED) is 0.901. The molecule has 0 spiro atoms. The number of aryl methyl sites for hydroxylation is 1. The molecule has 0 unspecified atom stereocenters. The number of nitrogens with one attached hydrogen (secondary N) is 1. The van der Waals surface area contributed by atoms with Gasteiger partial charge in [-0.1, -0.05) is 16.8 Å². The number of amides is 1. The standard InChI is InChI=1S/C12H9ClN2O4/c1-6-5-14-19-10(6)11(16)15-9-3-2-7(12(17)18)4-8(9)13/h2-5H,1H3,(H,15,16)(H,17,18). The highest BCUT2D eigenvalue weighted by Gasteiger charge is 2.16. The molecule has 0 aliphatic carbocycles. The lowest BCUT2D eigenvalue weighted by atomic mass is 10.2. The van der Waals surface area contributed by atoms with Crippen LogP contribution in [0.5, 0.6) is 0 Å². The van der Waals surface area contributed by atoms with Gasteiger partial charge in [0.15, 0.2) is 0 Å². The SMILES string of the molecule is Cc1cnoc1C(=O)Nc1ccc(C(=O)O)cc1Cl. The van der Waals surface area contributed by atoms with Gasteiger partial charge in [0, 0.05) is 5.56 Å². The molecule has 2 N–H and O–H groups in total. The van der Waals surface area contributed by atoms with E-state index < -0.39 is 11.9 Å². The Hall–Kier alpha value is -2.34. The first-order valence-corrected chi connectivity index (χ1v) is 5.62. The van der Waals surface area contributed by atoms with E-state index in [1.165, 1.54) is 24.4 Å². The Morgan fingerprint density at radius 1 is 1.42 bits per heavy atom. The van der Waals surface area contributed by atoms with Crippen molar-refractivity contribution in [2.75, 3.05) is 5.32 Å². The van der Waals surface area contributed by atoms with Crippen LogP contribution in [-0.2, 0) is 0 Å². The number of hydrogen-bond acceptors (Lipinski definition) is 4. The predicted molar refractivity (Wildman–Crippen MR) is 67.6 cm³/mol. The van der Waals surface area contributed by atoms with Crippen molar-refractivity contribution in [1.29, 1.82) is 0 Å². The van der Waals surface area contributed by atoms with Crippen LogP contribution in [0.2, 0.25) is 5.02 Å². The Kier molecular flexibility index (Phi) is 3.52. The summed E-state index contributed by atoms with van der Waals surface area (Å²) >= 11 is 5.89. The highest BCUT2D eigenvalue weighted by Crippen LogP contribution is 2.24. The van der Waals surface area contributed by atoms with Gasteiger partial charge in [-0.15, -0.1) is 0 Å². The van der Waals surface area contributed by atoms with Gasteiger partial charge >= 0.3 is 5.97 Å². The molecule has 6 nitrogen and oxygen atoms in total. The number of rotatable bonds is 3. The van der Waals surface area contributed by atoms with Crippen LogP contribution in [0.4, 0.5) is 5.69 Å². The van der Waals surface area contributed by atoms with Crippen LogP contribution in [0.3, 0.4) is 0 Å². The van der Waals surface area contributed by atoms with Crippen LogP contribution >= 0.6 is 11.6 Å². The average molecular weight is 281 g/mol. The molecule has 0 aliphatic heterocycles. The lowest BCUT2D eigenvalue weighted by Crippen LogP contribution is -2.12. The maximum Gasteiger partial charge on any atom is 0.335 e. The second-order valence-electron chi connectivity index (χ2n) is 3.79. The summed E-state index contributed by atoms with van der Waals surface area (Å²) in [5.41, 5.74) is 0.932. The van der Waals surface area contributed by atoms with E-state index in [0.717, 1.165) is 0 Å². The van der Waals surface area contributed by atoms with Crippen molar-refractivity contribution in [3.8, 4) is 0 Å². The van der Waals surface area contributed by atoms with Crippen molar-refractivity contribution < 1.29 is 19.2 Å². The summed E-state index contributed by atoms with van der Waals surface area (Å²) in [5, 5.41) is 14.9. The minimum absolute atomic E-state index is 0.0406. The number of nitrogens with zero attached hydrogens (tertiary/aromatic N) is 1. The normalized spacial score (nSPS) is 10.2. The van der Waals surface area contributed by atoms with Gasteiger partial charge < -0.3 is 14.9 Å². The molecule has 0 radical (unpaired) electrons. The first kappa shape index (κ1) is 13.1. The lowest BCUT2D eigenvalue weighted by Gasteiger charge is -2.06. The molecule has 1 aromatic heterocycles. The number of halogens is 1. The monoisotopic (exact) mass is 280 g/mol. The fourth-order valence-corrected chi connectivity index (χ4v) is 1.67. The van der Waals surface area contributed by atoms with E-state index in [0.29, 0.717) is 11.3 Å². The van der Waals surface area contributed by atoms with E-state index in [4.69, 9.17) is 21.2 Å². The number of hydrogen-bond donors (Lipinski definition) is 2. The molecule has 1 amide bonds. The molecule has 1 heterocycles. The molecule has 2 rings (SSSR count). The summed E-state index contributed by atoms with van der Waals surface area (Å²) < 4.78 is 4.80. The first-order chi connectivity index (χ1) is 8.99. The van der Waals surface area contributed by atoms with Gasteiger partial charge in [0.05, 0.1) is 22.5 Å². The zero-order valence-corrected chi connectivity index (χ0v) is 10.6. The lowest BCUT2D eigenvalue weighted by molar-refractivity contribution is 0.0696. The van der Waals surface area contributed by atoms with E-state index in [-0.39, 0.29) is 16.3 Å². The zero-order chi connectivity index (χ0) is 14.0. The molecule has 0 saturated carbocycles. The number of benzene rings is 1. The molecule has 1 aromatic carbocycles. The van der Waals surface area contributed by atoms with E-state index >= 15 is 0 Å². The second-order valence-corrected chi connectivity index (χ2v) is 4.20. The van der Waals surface area contributed by atoms with Crippen LogP contribution < -0.4 is 5.32 Å². The second kappa shape index (κ2) is 5.11. The molecule has 2 aromatic rings.